The van der Waals surface area contributed by atoms with E-state index in [1.807, 2.05) is 6.07 Å². The van der Waals surface area contributed by atoms with E-state index in [4.69, 9.17) is 4.74 Å². The lowest BCUT2D eigenvalue weighted by Crippen LogP contribution is -2.42. The van der Waals surface area contributed by atoms with Crippen molar-refractivity contribution < 1.29 is 4.74 Å². The molecule has 3 rings (SSSR count). The van der Waals surface area contributed by atoms with E-state index < -0.39 is 0 Å². The van der Waals surface area contributed by atoms with Crippen molar-refractivity contribution in [3.05, 3.63) is 29.8 Å². The first-order valence-electron chi connectivity index (χ1n) is 8.02. The quantitative estimate of drug-likeness (QED) is 0.865. The van der Waals surface area contributed by atoms with Gasteiger partial charge in [0.25, 0.3) is 0 Å². The van der Waals surface area contributed by atoms with Gasteiger partial charge in [0.1, 0.15) is 11.9 Å². The fraction of sp³-hybridized carbons (Fsp3) is 0.647. The average Bonchev–Trinajstić information content (AvgIpc) is 2.89. The Labute approximate surface area is 122 Å². The summed E-state index contributed by atoms with van der Waals surface area (Å²) in [5.41, 5.74) is 1.35. The number of piperidine rings is 1. The Morgan fingerprint density at radius 3 is 3.05 bits per heavy atom. The average molecular weight is 274 g/mol. The van der Waals surface area contributed by atoms with Crippen LogP contribution in [0, 0.1) is 0 Å². The van der Waals surface area contributed by atoms with E-state index in [9.17, 15) is 0 Å². The minimum absolute atomic E-state index is 0.300. The molecule has 2 aliphatic heterocycles. The van der Waals surface area contributed by atoms with Gasteiger partial charge in [0.2, 0.25) is 0 Å². The van der Waals surface area contributed by atoms with Gasteiger partial charge >= 0.3 is 0 Å². The van der Waals surface area contributed by atoms with Crippen LogP contribution in [0.15, 0.2) is 24.3 Å². The minimum Gasteiger partial charge on any atom is -0.488 e. The first-order chi connectivity index (χ1) is 9.81. The molecule has 1 aromatic rings. The molecule has 0 spiro atoms. The van der Waals surface area contributed by atoms with Crippen LogP contribution in [-0.4, -0.2) is 31.3 Å². The monoisotopic (exact) mass is 274 g/mol. The molecule has 1 aromatic carbocycles. The Bertz CT molecular complexity index is 404. The number of rotatable bonds is 5. The largest absolute Gasteiger partial charge is 0.488 e. The third-order valence-electron chi connectivity index (χ3n) is 4.46. The van der Waals surface area contributed by atoms with E-state index >= 15 is 0 Å². The summed E-state index contributed by atoms with van der Waals surface area (Å²) < 4.78 is 5.97. The van der Waals surface area contributed by atoms with E-state index in [0.717, 1.165) is 18.7 Å². The molecule has 0 aliphatic carbocycles. The van der Waals surface area contributed by atoms with Crippen LogP contribution in [0.5, 0.6) is 5.75 Å². The fourth-order valence-corrected chi connectivity index (χ4v) is 3.34. The summed E-state index contributed by atoms with van der Waals surface area (Å²) in [6.45, 7) is 4.43. The van der Waals surface area contributed by atoms with E-state index in [1.165, 1.54) is 37.8 Å². The first-order valence-corrected chi connectivity index (χ1v) is 8.02. The second-order valence-electron chi connectivity index (χ2n) is 6.24. The summed E-state index contributed by atoms with van der Waals surface area (Å²) in [4.78, 5) is 0. The highest BCUT2D eigenvalue weighted by molar-refractivity contribution is 5.37. The molecule has 0 saturated carbocycles. The Kier molecular flexibility index (Phi) is 4.58. The van der Waals surface area contributed by atoms with Gasteiger partial charge in [-0.25, -0.2) is 0 Å². The maximum absolute atomic E-state index is 5.97. The van der Waals surface area contributed by atoms with Crippen LogP contribution >= 0.6 is 0 Å². The minimum atomic E-state index is 0.300. The van der Waals surface area contributed by atoms with Crippen LogP contribution in [0.2, 0.25) is 0 Å². The lowest BCUT2D eigenvalue weighted by Gasteiger charge is -2.27. The number of benzene rings is 1. The van der Waals surface area contributed by atoms with Gasteiger partial charge in [0, 0.05) is 25.0 Å². The van der Waals surface area contributed by atoms with E-state index in [-0.39, 0.29) is 0 Å². The number of nitrogens with one attached hydrogen (secondary N) is 2. The normalized spacial score (nSPS) is 26.9. The number of ether oxygens (including phenoxy) is 1. The number of para-hydroxylation sites is 1. The van der Waals surface area contributed by atoms with Crippen LogP contribution in [-0.2, 0) is 6.42 Å². The van der Waals surface area contributed by atoms with Crippen molar-refractivity contribution in [1.29, 1.82) is 0 Å². The third-order valence-corrected chi connectivity index (χ3v) is 4.46. The standard InChI is InChI=1S/C17H26N2O/c1-13(10-15-7-4-5-9-18-15)19-12-16-11-14-6-2-3-8-17(14)20-16/h2-3,6,8,13,15-16,18-19H,4-5,7,9-12H2,1H3. The van der Waals surface area contributed by atoms with Gasteiger partial charge in [-0.3, -0.25) is 0 Å². The molecule has 2 N–H and O–H groups in total. The predicted octanol–water partition coefficient (Wildman–Crippen LogP) is 2.50. The SMILES string of the molecule is CC(CC1CCCCN1)NCC1Cc2ccccc2O1. The van der Waals surface area contributed by atoms with Crippen molar-refractivity contribution in [2.45, 2.75) is 57.2 Å². The van der Waals surface area contributed by atoms with Crippen molar-refractivity contribution in [3.8, 4) is 5.75 Å². The second-order valence-corrected chi connectivity index (χ2v) is 6.24. The molecule has 3 atom stereocenters. The zero-order chi connectivity index (χ0) is 13.8. The molecule has 0 amide bonds. The second kappa shape index (κ2) is 6.59. The van der Waals surface area contributed by atoms with Crippen molar-refractivity contribution >= 4 is 0 Å². The summed E-state index contributed by atoms with van der Waals surface area (Å²) >= 11 is 0. The highest BCUT2D eigenvalue weighted by Gasteiger charge is 2.23. The van der Waals surface area contributed by atoms with Crippen LogP contribution < -0.4 is 15.4 Å². The summed E-state index contributed by atoms with van der Waals surface area (Å²) in [6, 6.07) is 9.64. The lowest BCUT2D eigenvalue weighted by atomic mass is 9.98. The molecular formula is C17H26N2O. The van der Waals surface area contributed by atoms with Gasteiger partial charge < -0.3 is 15.4 Å². The summed E-state index contributed by atoms with van der Waals surface area (Å²) in [6.07, 6.45) is 6.61. The lowest BCUT2D eigenvalue weighted by molar-refractivity contribution is 0.218. The van der Waals surface area contributed by atoms with Crippen LogP contribution in [0.3, 0.4) is 0 Å². The predicted molar refractivity (Wildman–Crippen MR) is 82.3 cm³/mol. The summed E-state index contributed by atoms with van der Waals surface area (Å²) in [5, 5.41) is 7.26. The van der Waals surface area contributed by atoms with Gasteiger partial charge in [0.05, 0.1) is 0 Å². The van der Waals surface area contributed by atoms with Crippen molar-refractivity contribution in [2.24, 2.45) is 0 Å². The zero-order valence-electron chi connectivity index (χ0n) is 12.4. The number of hydrogen-bond donors (Lipinski definition) is 2. The highest BCUT2D eigenvalue weighted by Crippen LogP contribution is 2.27. The maximum Gasteiger partial charge on any atom is 0.123 e. The third kappa shape index (κ3) is 3.53. The van der Waals surface area contributed by atoms with E-state index in [0.29, 0.717) is 18.2 Å². The van der Waals surface area contributed by atoms with E-state index in [1.54, 1.807) is 0 Å². The molecule has 0 radical (unpaired) electrons. The molecule has 110 valence electrons. The Balaban J connectivity index is 1.39. The molecule has 3 unspecified atom stereocenters. The molecule has 1 saturated heterocycles. The smallest absolute Gasteiger partial charge is 0.123 e. The van der Waals surface area contributed by atoms with Gasteiger partial charge in [-0.2, -0.15) is 0 Å². The van der Waals surface area contributed by atoms with Gasteiger partial charge in [0.15, 0.2) is 0 Å². The number of fused-ring (bicyclic) bond motifs is 1. The zero-order valence-corrected chi connectivity index (χ0v) is 12.4. The Hall–Kier alpha value is -1.06. The molecule has 3 heteroatoms. The van der Waals surface area contributed by atoms with Gasteiger partial charge in [-0.05, 0) is 44.4 Å². The van der Waals surface area contributed by atoms with E-state index in [2.05, 4.69) is 35.8 Å². The van der Waals surface area contributed by atoms with Crippen molar-refractivity contribution in [1.82, 2.24) is 10.6 Å². The fourth-order valence-electron chi connectivity index (χ4n) is 3.34. The molecular weight excluding hydrogens is 248 g/mol. The van der Waals surface area contributed by atoms with Crippen LogP contribution in [0.25, 0.3) is 0 Å². The van der Waals surface area contributed by atoms with Crippen molar-refractivity contribution in [3.63, 3.8) is 0 Å². The maximum atomic E-state index is 5.97. The molecule has 2 heterocycles. The Morgan fingerprint density at radius 2 is 2.25 bits per heavy atom. The molecule has 20 heavy (non-hydrogen) atoms. The number of hydrogen-bond acceptors (Lipinski definition) is 3. The topological polar surface area (TPSA) is 33.3 Å². The van der Waals surface area contributed by atoms with Crippen LogP contribution in [0.4, 0.5) is 0 Å². The van der Waals surface area contributed by atoms with Crippen molar-refractivity contribution in [2.75, 3.05) is 13.1 Å². The highest BCUT2D eigenvalue weighted by atomic mass is 16.5. The first kappa shape index (κ1) is 13.9. The van der Waals surface area contributed by atoms with Gasteiger partial charge in [-0.1, -0.05) is 24.6 Å². The molecule has 0 bridgehead atoms. The summed E-state index contributed by atoms with van der Waals surface area (Å²) in [7, 11) is 0. The Morgan fingerprint density at radius 1 is 1.35 bits per heavy atom. The van der Waals surface area contributed by atoms with Gasteiger partial charge in [-0.15, -0.1) is 0 Å². The molecule has 0 aromatic heterocycles. The summed E-state index contributed by atoms with van der Waals surface area (Å²) in [5.74, 6) is 1.07. The van der Waals surface area contributed by atoms with Crippen LogP contribution in [0.1, 0.15) is 38.2 Å². The molecule has 2 aliphatic rings. The molecule has 3 nitrogen and oxygen atoms in total. The molecule has 1 fully saturated rings.